The molecular formula is C11H16FNOS. The van der Waals surface area contributed by atoms with E-state index in [0.717, 1.165) is 11.3 Å². The molecule has 0 amide bonds. The van der Waals surface area contributed by atoms with Crippen molar-refractivity contribution in [2.45, 2.75) is 18.4 Å². The lowest BCUT2D eigenvalue weighted by atomic mass is 10.2. The van der Waals surface area contributed by atoms with Crippen molar-refractivity contribution >= 4 is 11.8 Å². The Morgan fingerprint density at radius 2 is 2.27 bits per heavy atom. The van der Waals surface area contributed by atoms with E-state index in [2.05, 4.69) is 0 Å². The van der Waals surface area contributed by atoms with Gasteiger partial charge in [-0.05, 0) is 23.6 Å². The van der Waals surface area contributed by atoms with Gasteiger partial charge in [0.1, 0.15) is 5.82 Å². The molecule has 4 heteroatoms. The van der Waals surface area contributed by atoms with Gasteiger partial charge in [0.15, 0.2) is 0 Å². The number of rotatable bonds is 5. The molecule has 0 bridgehead atoms. The van der Waals surface area contributed by atoms with Gasteiger partial charge in [0.2, 0.25) is 0 Å². The first-order chi connectivity index (χ1) is 7.17. The maximum absolute atomic E-state index is 13.5. The number of aliphatic hydroxyl groups is 1. The zero-order chi connectivity index (χ0) is 11.3. The van der Waals surface area contributed by atoms with Gasteiger partial charge in [-0.25, -0.2) is 4.39 Å². The van der Waals surface area contributed by atoms with E-state index in [0.29, 0.717) is 11.4 Å². The number of benzene rings is 1. The first kappa shape index (κ1) is 12.5. The van der Waals surface area contributed by atoms with Crippen LogP contribution in [0, 0.1) is 11.7 Å². The molecule has 0 fully saturated rings. The van der Waals surface area contributed by atoms with Crippen molar-refractivity contribution in [3.8, 4) is 0 Å². The number of hydrogen-bond donors (Lipinski definition) is 2. The third-order valence-corrected chi connectivity index (χ3v) is 3.44. The molecule has 84 valence electrons. The molecule has 0 aliphatic rings. The Hall–Kier alpha value is -0.580. The fourth-order valence-corrected chi connectivity index (χ4v) is 2.00. The number of thioether (sulfide) groups is 1. The van der Waals surface area contributed by atoms with E-state index in [1.165, 1.54) is 17.8 Å². The highest BCUT2D eigenvalue weighted by Crippen LogP contribution is 2.24. The van der Waals surface area contributed by atoms with E-state index in [-0.39, 0.29) is 18.3 Å². The van der Waals surface area contributed by atoms with Crippen LogP contribution in [0.25, 0.3) is 0 Å². The van der Waals surface area contributed by atoms with Crippen molar-refractivity contribution in [3.63, 3.8) is 0 Å². The van der Waals surface area contributed by atoms with Crippen LogP contribution in [0.15, 0.2) is 23.1 Å². The Balaban J connectivity index is 2.62. The summed E-state index contributed by atoms with van der Waals surface area (Å²) in [5.41, 5.74) is 6.20. The van der Waals surface area contributed by atoms with Crippen LogP contribution in [0.2, 0.25) is 0 Å². The minimum Gasteiger partial charge on any atom is -0.396 e. The standard InChI is InChI=1S/C11H16FNOS/c1-8(6-14)7-15-11-3-2-9(5-13)4-10(11)12/h2-4,8,14H,5-7,13H2,1H3. The summed E-state index contributed by atoms with van der Waals surface area (Å²) >= 11 is 1.42. The second-order valence-corrected chi connectivity index (χ2v) is 4.63. The maximum Gasteiger partial charge on any atom is 0.137 e. The molecule has 0 heterocycles. The number of halogens is 1. The van der Waals surface area contributed by atoms with Crippen LogP contribution in [0.1, 0.15) is 12.5 Å². The van der Waals surface area contributed by atoms with E-state index < -0.39 is 0 Å². The SMILES string of the molecule is CC(CO)CSc1ccc(CN)cc1F. The monoisotopic (exact) mass is 229 g/mol. The zero-order valence-electron chi connectivity index (χ0n) is 8.74. The van der Waals surface area contributed by atoms with Crippen LogP contribution in [0.5, 0.6) is 0 Å². The third-order valence-electron chi connectivity index (χ3n) is 2.07. The molecule has 3 N–H and O–H groups in total. The molecule has 0 saturated heterocycles. The maximum atomic E-state index is 13.5. The first-order valence-corrected chi connectivity index (χ1v) is 5.88. The molecule has 0 aromatic heterocycles. The van der Waals surface area contributed by atoms with Crippen molar-refractivity contribution < 1.29 is 9.50 Å². The second-order valence-electron chi connectivity index (χ2n) is 3.57. The van der Waals surface area contributed by atoms with Crippen LogP contribution >= 0.6 is 11.8 Å². The van der Waals surface area contributed by atoms with E-state index in [1.54, 1.807) is 6.07 Å². The molecule has 0 saturated carbocycles. The summed E-state index contributed by atoms with van der Waals surface area (Å²) in [5, 5.41) is 8.84. The van der Waals surface area contributed by atoms with Gasteiger partial charge in [0.25, 0.3) is 0 Å². The lowest BCUT2D eigenvalue weighted by molar-refractivity contribution is 0.250. The smallest absolute Gasteiger partial charge is 0.137 e. The van der Waals surface area contributed by atoms with Crippen LogP contribution in [-0.4, -0.2) is 17.5 Å². The number of hydrogen-bond acceptors (Lipinski definition) is 3. The molecule has 1 rings (SSSR count). The normalized spacial score (nSPS) is 12.8. The first-order valence-electron chi connectivity index (χ1n) is 4.89. The summed E-state index contributed by atoms with van der Waals surface area (Å²) in [5.74, 6) is 0.673. The molecule has 15 heavy (non-hydrogen) atoms. The van der Waals surface area contributed by atoms with Crippen LogP contribution in [0.4, 0.5) is 4.39 Å². The van der Waals surface area contributed by atoms with Gasteiger partial charge in [0, 0.05) is 23.8 Å². The Morgan fingerprint density at radius 3 is 2.80 bits per heavy atom. The van der Waals surface area contributed by atoms with Crippen LogP contribution < -0.4 is 5.73 Å². The largest absolute Gasteiger partial charge is 0.396 e. The van der Waals surface area contributed by atoms with Gasteiger partial charge >= 0.3 is 0 Å². The van der Waals surface area contributed by atoms with E-state index >= 15 is 0 Å². The summed E-state index contributed by atoms with van der Waals surface area (Å²) in [6.07, 6.45) is 0. The summed E-state index contributed by atoms with van der Waals surface area (Å²) in [6.45, 7) is 2.42. The minimum absolute atomic E-state index is 0.134. The van der Waals surface area contributed by atoms with Crippen molar-refractivity contribution in [1.82, 2.24) is 0 Å². The molecule has 2 nitrogen and oxygen atoms in total. The van der Waals surface area contributed by atoms with Crippen molar-refractivity contribution in [1.29, 1.82) is 0 Å². The van der Waals surface area contributed by atoms with Gasteiger partial charge < -0.3 is 10.8 Å². The molecule has 0 aliphatic heterocycles. The average Bonchev–Trinajstić information content (AvgIpc) is 2.26. The quantitative estimate of drug-likeness (QED) is 0.759. The van der Waals surface area contributed by atoms with Crippen molar-refractivity contribution in [3.05, 3.63) is 29.6 Å². The van der Waals surface area contributed by atoms with E-state index in [4.69, 9.17) is 10.8 Å². The summed E-state index contributed by atoms with van der Waals surface area (Å²) in [7, 11) is 0. The molecule has 1 atom stereocenters. The van der Waals surface area contributed by atoms with Gasteiger partial charge in [-0.1, -0.05) is 13.0 Å². The second kappa shape index (κ2) is 6.10. The highest BCUT2D eigenvalue weighted by molar-refractivity contribution is 7.99. The van der Waals surface area contributed by atoms with E-state index in [9.17, 15) is 4.39 Å². The molecule has 0 radical (unpaired) electrons. The average molecular weight is 229 g/mol. The fourth-order valence-electron chi connectivity index (χ4n) is 1.07. The van der Waals surface area contributed by atoms with Gasteiger partial charge in [0.05, 0.1) is 0 Å². The highest BCUT2D eigenvalue weighted by atomic mass is 32.2. The highest BCUT2D eigenvalue weighted by Gasteiger charge is 2.06. The van der Waals surface area contributed by atoms with Gasteiger partial charge in [-0.15, -0.1) is 11.8 Å². The van der Waals surface area contributed by atoms with Crippen molar-refractivity contribution in [2.24, 2.45) is 11.7 Å². The van der Waals surface area contributed by atoms with E-state index in [1.807, 2.05) is 13.0 Å². The van der Waals surface area contributed by atoms with Crippen molar-refractivity contribution in [2.75, 3.05) is 12.4 Å². The zero-order valence-corrected chi connectivity index (χ0v) is 9.56. The Bertz CT molecular complexity index is 319. The summed E-state index contributed by atoms with van der Waals surface area (Å²) in [4.78, 5) is 0.618. The number of aliphatic hydroxyl groups excluding tert-OH is 1. The van der Waals surface area contributed by atoms with Crippen LogP contribution in [0.3, 0.4) is 0 Å². The predicted octanol–water partition coefficient (Wildman–Crippen LogP) is 2.00. The fraction of sp³-hybridized carbons (Fsp3) is 0.455. The van der Waals surface area contributed by atoms with Gasteiger partial charge in [-0.2, -0.15) is 0 Å². The Labute approximate surface area is 93.7 Å². The third kappa shape index (κ3) is 3.81. The molecule has 0 aliphatic carbocycles. The van der Waals surface area contributed by atoms with Crippen LogP contribution in [-0.2, 0) is 6.54 Å². The molecule has 1 aromatic carbocycles. The van der Waals surface area contributed by atoms with Gasteiger partial charge in [-0.3, -0.25) is 0 Å². The minimum atomic E-state index is -0.229. The number of nitrogens with two attached hydrogens (primary N) is 1. The molecule has 0 spiro atoms. The molecule has 1 aromatic rings. The molecular weight excluding hydrogens is 213 g/mol. The summed E-state index contributed by atoms with van der Waals surface area (Å²) in [6, 6.07) is 5.03. The molecule has 1 unspecified atom stereocenters. The Kier molecular flexibility index (Phi) is 5.08. The lowest BCUT2D eigenvalue weighted by Gasteiger charge is -2.08. The lowest BCUT2D eigenvalue weighted by Crippen LogP contribution is -2.03. The topological polar surface area (TPSA) is 46.2 Å². The Morgan fingerprint density at radius 1 is 1.53 bits per heavy atom. The predicted molar refractivity (Wildman–Crippen MR) is 61.3 cm³/mol. The summed E-state index contributed by atoms with van der Waals surface area (Å²) < 4.78 is 13.5.